The van der Waals surface area contributed by atoms with Crippen molar-refractivity contribution in [1.29, 1.82) is 0 Å². The van der Waals surface area contributed by atoms with Crippen LogP contribution in [-0.2, 0) is 10.0 Å². The molecule has 1 fully saturated rings. The zero-order chi connectivity index (χ0) is 14.8. The van der Waals surface area contributed by atoms with Gasteiger partial charge in [0.1, 0.15) is 16.4 Å². The summed E-state index contributed by atoms with van der Waals surface area (Å²) in [6.07, 6.45) is 0.978. The van der Waals surface area contributed by atoms with E-state index in [9.17, 15) is 13.5 Å². The molecule has 0 radical (unpaired) electrons. The van der Waals surface area contributed by atoms with Crippen LogP contribution in [0.5, 0.6) is 11.5 Å². The zero-order valence-corrected chi connectivity index (χ0v) is 12.3. The van der Waals surface area contributed by atoms with E-state index in [0.717, 1.165) is 0 Å². The van der Waals surface area contributed by atoms with Gasteiger partial charge in [0, 0.05) is 12.6 Å². The lowest BCUT2D eigenvalue weighted by atomic mass is 9.83. The van der Waals surface area contributed by atoms with Gasteiger partial charge < -0.3 is 14.6 Å². The third kappa shape index (κ3) is 3.23. The molecule has 112 valence electrons. The number of rotatable bonds is 6. The standard InChI is InChI=1S/C13H19NO5S/c1-18-11-3-4-12(19-2)13(7-11)20(16,17)14-8-9-5-10(15)6-9/h3-4,7,9-10,14-15H,5-6,8H2,1-2H3. The summed E-state index contributed by atoms with van der Waals surface area (Å²) in [6.45, 7) is 0.319. The van der Waals surface area contributed by atoms with E-state index in [2.05, 4.69) is 4.72 Å². The summed E-state index contributed by atoms with van der Waals surface area (Å²) in [6, 6.07) is 4.62. The van der Waals surface area contributed by atoms with Gasteiger partial charge in [-0.3, -0.25) is 0 Å². The Morgan fingerprint density at radius 2 is 2.00 bits per heavy atom. The molecule has 1 aromatic rings. The molecule has 0 aromatic heterocycles. The number of hydrogen-bond acceptors (Lipinski definition) is 5. The van der Waals surface area contributed by atoms with Crippen molar-refractivity contribution in [2.45, 2.75) is 23.8 Å². The van der Waals surface area contributed by atoms with Gasteiger partial charge in [-0.2, -0.15) is 0 Å². The van der Waals surface area contributed by atoms with E-state index in [1.54, 1.807) is 12.1 Å². The van der Waals surface area contributed by atoms with Crippen molar-refractivity contribution in [3.63, 3.8) is 0 Å². The number of nitrogens with one attached hydrogen (secondary N) is 1. The van der Waals surface area contributed by atoms with Crippen LogP contribution in [0.25, 0.3) is 0 Å². The highest BCUT2D eigenvalue weighted by molar-refractivity contribution is 7.89. The topological polar surface area (TPSA) is 84.9 Å². The molecule has 0 heterocycles. The molecule has 0 atom stereocenters. The number of aliphatic hydroxyl groups excluding tert-OH is 1. The Labute approximate surface area is 118 Å². The van der Waals surface area contributed by atoms with E-state index in [0.29, 0.717) is 25.1 Å². The summed E-state index contributed by atoms with van der Waals surface area (Å²) >= 11 is 0. The smallest absolute Gasteiger partial charge is 0.244 e. The summed E-state index contributed by atoms with van der Waals surface area (Å²) in [5.74, 6) is 0.911. The van der Waals surface area contributed by atoms with Crippen LogP contribution in [0.3, 0.4) is 0 Å². The van der Waals surface area contributed by atoms with Crippen LogP contribution < -0.4 is 14.2 Å². The molecule has 2 rings (SSSR count). The fourth-order valence-electron chi connectivity index (χ4n) is 2.17. The first-order valence-electron chi connectivity index (χ1n) is 6.36. The fourth-order valence-corrected chi connectivity index (χ4v) is 3.46. The Balaban J connectivity index is 2.15. The lowest BCUT2D eigenvalue weighted by molar-refractivity contribution is 0.0453. The molecule has 0 bridgehead atoms. The molecule has 0 saturated heterocycles. The summed E-state index contributed by atoms with van der Waals surface area (Å²) in [7, 11) is -0.768. The van der Waals surface area contributed by atoms with Crippen LogP contribution in [0.2, 0.25) is 0 Å². The molecule has 20 heavy (non-hydrogen) atoms. The predicted octanol–water partition coefficient (Wildman–Crippen LogP) is 0.753. The summed E-state index contributed by atoms with van der Waals surface area (Å²) in [4.78, 5) is 0.0548. The molecule has 1 aromatic carbocycles. The largest absolute Gasteiger partial charge is 0.497 e. The van der Waals surface area contributed by atoms with Crippen molar-refractivity contribution in [1.82, 2.24) is 4.72 Å². The van der Waals surface area contributed by atoms with Crippen molar-refractivity contribution in [2.24, 2.45) is 5.92 Å². The Morgan fingerprint density at radius 1 is 1.30 bits per heavy atom. The van der Waals surface area contributed by atoms with E-state index in [1.807, 2.05) is 0 Å². The fraction of sp³-hybridized carbons (Fsp3) is 0.538. The maximum absolute atomic E-state index is 12.3. The SMILES string of the molecule is COc1ccc(OC)c(S(=O)(=O)NCC2CC(O)C2)c1. The lowest BCUT2D eigenvalue weighted by Gasteiger charge is -2.31. The molecule has 1 saturated carbocycles. The van der Waals surface area contributed by atoms with Crippen molar-refractivity contribution in [3.8, 4) is 11.5 Å². The van der Waals surface area contributed by atoms with Gasteiger partial charge in [0.15, 0.2) is 0 Å². The monoisotopic (exact) mass is 301 g/mol. The van der Waals surface area contributed by atoms with E-state index in [4.69, 9.17) is 9.47 Å². The number of ether oxygens (including phenoxy) is 2. The number of methoxy groups -OCH3 is 2. The van der Waals surface area contributed by atoms with Crippen LogP contribution in [-0.4, -0.2) is 40.4 Å². The highest BCUT2D eigenvalue weighted by atomic mass is 32.2. The average Bonchev–Trinajstić information content (AvgIpc) is 2.41. The minimum absolute atomic E-state index is 0.0548. The highest BCUT2D eigenvalue weighted by Crippen LogP contribution is 2.30. The average molecular weight is 301 g/mol. The van der Waals surface area contributed by atoms with Gasteiger partial charge in [0.2, 0.25) is 10.0 Å². The first-order chi connectivity index (χ1) is 9.46. The number of hydrogen-bond donors (Lipinski definition) is 2. The van der Waals surface area contributed by atoms with Crippen LogP contribution in [0.4, 0.5) is 0 Å². The van der Waals surface area contributed by atoms with Crippen molar-refractivity contribution < 1.29 is 23.0 Å². The first kappa shape index (κ1) is 15.1. The summed E-state index contributed by atoms with van der Waals surface area (Å²) < 4.78 is 37.3. The Bertz CT molecular complexity index is 566. The molecule has 1 aliphatic carbocycles. The first-order valence-corrected chi connectivity index (χ1v) is 7.84. The predicted molar refractivity (Wildman–Crippen MR) is 73.5 cm³/mol. The summed E-state index contributed by atoms with van der Waals surface area (Å²) in [5.41, 5.74) is 0. The second-order valence-electron chi connectivity index (χ2n) is 4.86. The maximum atomic E-state index is 12.3. The molecule has 0 unspecified atom stereocenters. The van der Waals surface area contributed by atoms with Crippen molar-refractivity contribution >= 4 is 10.0 Å². The number of benzene rings is 1. The van der Waals surface area contributed by atoms with Gasteiger partial charge in [0.25, 0.3) is 0 Å². The zero-order valence-electron chi connectivity index (χ0n) is 11.5. The molecular weight excluding hydrogens is 282 g/mol. The molecule has 0 spiro atoms. The van der Waals surface area contributed by atoms with E-state index in [-0.39, 0.29) is 22.7 Å². The van der Waals surface area contributed by atoms with Gasteiger partial charge in [0.05, 0.1) is 20.3 Å². The number of sulfonamides is 1. The van der Waals surface area contributed by atoms with Crippen LogP contribution in [0, 0.1) is 5.92 Å². The van der Waals surface area contributed by atoms with Gasteiger partial charge >= 0.3 is 0 Å². The molecule has 0 amide bonds. The van der Waals surface area contributed by atoms with E-state index < -0.39 is 10.0 Å². The minimum Gasteiger partial charge on any atom is -0.497 e. The maximum Gasteiger partial charge on any atom is 0.244 e. The van der Waals surface area contributed by atoms with Crippen molar-refractivity contribution in [2.75, 3.05) is 20.8 Å². The second-order valence-corrected chi connectivity index (χ2v) is 6.60. The third-order valence-corrected chi connectivity index (χ3v) is 4.88. The van der Waals surface area contributed by atoms with Gasteiger partial charge in [-0.05, 0) is 30.9 Å². The van der Waals surface area contributed by atoms with Gasteiger partial charge in [-0.25, -0.2) is 13.1 Å². The van der Waals surface area contributed by atoms with E-state index >= 15 is 0 Å². The van der Waals surface area contributed by atoms with E-state index in [1.165, 1.54) is 20.3 Å². The Kier molecular flexibility index (Phi) is 4.52. The Hall–Kier alpha value is -1.31. The molecule has 2 N–H and O–H groups in total. The Morgan fingerprint density at radius 3 is 2.55 bits per heavy atom. The minimum atomic E-state index is -3.66. The third-order valence-electron chi connectivity index (χ3n) is 3.43. The number of aliphatic hydroxyl groups is 1. The molecule has 6 nitrogen and oxygen atoms in total. The molecule has 0 aliphatic heterocycles. The van der Waals surface area contributed by atoms with Gasteiger partial charge in [-0.1, -0.05) is 0 Å². The van der Waals surface area contributed by atoms with Crippen LogP contribution >= 0.6 is 0 Å². The van der Waals surface area contributed by atoms with Crippen LogP contribution in [0.15, 0.2) is 23.1 Å². The highest BCUT2D eigenvalue weighted by Gasteiger charge is 2.29. The molecular formula is C13H19NO5S. The lowest BCUT2D eigenvalue weighted by Crippen LogP contribution is -2.38. The van der Waals surface area contributed by atoms with Crippen LogP contribution in [0.1, 0.15) is 12.8 Å². The molecule has 7 heteroatoms. The van der Waals surface area contributed by atoms with Crippen molar-refractivity contribution in [3.05, 3.63) is 18.2 Å². The second kappa shape index (κ2) is 5.99. The summed E-state index contributed by atoms with van der Waals surface area (Å²) in [5, 5.41) is 9.20. The normalized spacial score (nSPS) is 22.1. The van der Waals surface area contributed by atoms with Gasteiger partial charge in [-0.15, -0.1) is 0 Å². The quantitative estimate of drug-likeness (QED) is 0.810. The molecule has 1 aliphatic rings.